The summed E-state index contributed by atoms with van der Waals surface area (Å²) in [6.07, 6.45) is 5.45. The van der Waals surface area contributed by atoms with Crippen molar-refractivity contribution in [1.29, 1.82) is 0 Å². The van der Waals surface area contributed by atoms with Crippen molar-refractivity contribution < 1.29 is 9.90 Å². The predicted molar refractivity (Wildman–Crippen MR) is 64.0 cm³/mol. The van der Waals surface area contributed by atoms with Gasteiger partial charge < -0.3 is 5.11 Å². The summed E-state index contributed by atoms with van der Waals surface area (Å²) in [5.74, 6) is -0.0596. The molecule has 0 unspecified atom stereocenters. The lowest BCUT2D eigenvalue weighted by atomic mass is 10.00. The van der Waals surface area contributed by atoms with E-state index in [4.69, 9.17) is 5.11 Å². The summed E-state index contributed by atoms with van der Waals surface area (Å²) in [6, 6.07) is 10.3. The van der Waals surface area contributed by atoms with Crippen LogP contribution in [0.2, 0.25) is 0 Å². The molecular formula is C14H16O2. The van der Waals surface area contributed by atoms with E-state index in [-0.39, 0.29) is 6.42 Å². The molecule has 2 nitrogen and oxygen atoms in total. The lowest BCUT2D eigenvalue weighted by Gasteiger charge is -2.05. The van der Waals surface area contributed by atoms with Crippen molar-refractivity contribution in [2.45, 2.75) is 25.7 Å². The highest BCUT2D eigenvalue weighted by Gasteiger charge is 2.26. The maximum Gasteiger partial charge on any atom is 0.303 e. The van der Waals surface area contributed by atoms with E-state index in [1.54, 1.807) is 0 Å². The molecule has 1 aliphatic carbocycles. The fraction of sp³-hybridized carbons (Fsp3) is 0.357. The summed E-state index contributed by atoms with van der Waals surface area (Å²) in [4.78, 5) is 10.5. The highest BCUT2D eigenvalue weighted by atomic mass is 16.4. The summed E-state index contributed by atoms with van der Waals surface area (Å²) in [5, 5.41) is 8.62. The minimum absolute atomic E-state index is 0.225. The third-order valence-electron chi connectivity index (χ3n) is 2.85. The van der Waals surface area contributed by atoms with Gasteiger partial charge in [0, 0.05) is 6.42 Å². The van der Waals surface area contributed by atoms with Crippen molar-refractivity contribution in [3.05, 3.63) is 42.0 Å². The first-order chi connectivity index (χ1) is 7.77. The molecule has 0 aromatic heterocycles. The first kappa shape index (κ1) is 10.9. The SMILES string of the molecule is O=C(O)CC/C=C(/c1ccccc1)C1CC1. The van der Waals surface area contributed by atoms with Gasteiger partial charge in [0.2, 0.25) is 0 Å². The maximum atomic E-state index is 10.5. The second-order valence-electron chi connectivity index (χ2n) is 4.23. The van der Waals surface area contributed by atoms with E-state index in [2.05, 4.69) is 18.2 Å². The Morgan fingerprint density at radius 3 is 2.56 bits per heavy atom. The summed E-state index contributed by atoms with van der Waals surface area (Å²) < 4.78 is 0. The molecule has 0 heterocycles. The molecule has 84 valence electrons. The Bertz CT molecular complexity index is 388. The van der Waals surface area contributed by atoms with Crippen molar-refractivity contribution in [3.63, 3.8) is 0 Å². The average molecular weight is 216 g/mol. The first-order valence-corrected chi connectivity index (χ1v) is 5.74. The molecule has 0 spiro atoms. The molecule has 0 amide bonds. The Balaban J connectivity index is 2.08. The van der Waals surface area contributed by atoms with Crippen molar-refractivity contribution in [2.24, 2.45) is 5.92 Å². The van der Waals surface area contributed by atoms with Crippen molar-refractivity contribution >= 4 is 11.5 Å². The molecule has 0 saturated heterocycles. The Morgan fingerprint density at radius 2 is 2.00 bits per heavy atom. The Hall–Kier alpha value is -1.57. The first-order valence-electron chi connectivity index (χ1n) is 5.74. The van der Waals surface area contributed by atoms with Crippen LogP contribution in [-0.2, 0) is 4.79 Å². The molecule has 0 bridgehead atoms. The monoisotopic (exact) mass is 216 g/mol. The normalized spacial score (nSPS) is 16.1. The van der Waals surface area contributed by atoms with Crippen LogP contribution in [-0.4, -0.2) is 11.1 Å². The van der Waals surface area contributed by atoms with Gasteiger partial charge in [0.1, 0.15) is 0 Å². The van der Waals surface area contributed by atoms with E-state index >= 15 is 0 Å². The minimum Gasteiger partial charge on any atom is -0.481 e. The van der Waals surface area contributed by atoms with Gasteiger partial charge >= 0.3 is 5.97 Å². The molecule has 1 aliphatic rings. The lowest BCUT2D eigenvalue weighted by molar-refractivity contribution is -0.136. The van der Waals surface area contributed by atoms with Gasteiger partial charge in [0.25, 0.3) is 0 Å². The number of carboxylic acids is 1. The second kappa shape index (κ2) is 4.97. The quantitative estimate of drug-likeness (QED) is 0.819. The van der Waals surface area contributed by atoms with Gasteiger partial charge in [0.15, 0.2) is 0 Å². The van der Waals surface area contributed by atoms with Gasteiger partial charge in [-0.3, -0.25) is 4.79 Å². The van der Waals surface area contributed by atoms with Crippen LogP contribution in [0.15, 0.2) is 36.4 Å². The van der Waals surface area contributed by atoms with Gasteiger partial charge in [-0.15, -0.1) is 0 Å². The highest BCUT2D eigenvalue weighted by Crippen LogP contribution is 2.42. The van der Waals surface area contributed by atoms with E-state index in [0.717, 1.165) is 0 Å². The fourth-order valence-electron chi connectivity index (χ4n) is 1.90. The molecule has 16 heavy (non-hydrogen) atoms. The largest absolute Gasteiger partial charge is 0.481 e. The van der Waals surface area contributed by atoms with Crippen LogP contribution in [0.1, 0.15) is 31.2 Å². The van der Waals surface area contributed by atoms with Crippen LogP contribution in [0.4, 0.5) is 0 Å². The third kappa shape index (κ3) is 2.96. The zero-order valence-electron chi connectivity index (χ0n) is 9.23. The van der Waals surface area contributed by atoms with Crippen LogP contribution in [0, 0.1) is 5.92 Å². The molecule has 0 radical (unpaired) electrons. The standard InChI is InChI=1S/C14H16O2/c15-14(16)8-4-7-13(12-9-10-12)11-5-2-1-3-6-11/h1-3,5-7,12H,4,8-10H2,(H,15,16)/b13-7-. The summed E-state index contributed by atoms with van der Waals surface area (Å²) >= 11 is 0. The average Bonchev–Trinajstić information content (AvgIpc) is 3.09. The van der Waals surface area contributed by atoms with E-state index in [9.17, 15) is 4.79 Å². The molecule has 1 N–H and O–H groups in total. The van der Waals surface area contributed by atoms with Crippen LogP contribution in [0.5, 0.6) is 0 Å². The van der Waals surface area contributed by atoms with Gasteiger partial charge in [-0.05, 0) is 36.3 Å². The molecule has 2 rings (SSSR count). The maximum absolute atomic E-state index is 10.5. The summed E-state index contributed by atoms with van der Waals surface area (Å²) in [6.45, 7) is 0. The molecule has 1 aromatic carbocycles. The van der Waals surface area contributed by atoms with E-state index < -0.39 is 5.97 Å². The number of rotatable bonds is 5. The number of aliphatic carboxylic acids is 1. The van der Waals surface area contributed by atoms with Crippen LogP contribution in [0.3, 0.4) is 0 Å². The fourth-order valence-corrected chi connectivity index (χ4v) is 1.90. The summed E-state index contributed by atoms with van der Waals surface area (Å²) in [7, 11) is 0. The van der Waals surface area contributed by atoms with Crippen molar-refractivity contribution in [2.75, 3.05) is 0 Å². The number of hydrogen-bond acceptors (Lipinski definition) is 1. The molecule has 0 aliphatic heterocycles. The molecule has 1 fully saturated rings. The molecule has 1 aromatic rings. The van der Waals surface area contributed by atoms with E-state index in [0.29, 0.717) is 12.3 Å². The van der Waals surface area contributed by atoms with E-state index in [1.807, 2.05) is 18.2 Å². The van der Waals surface area contributed by atoms with Crippen molar-refractivity contribution in [1.82, 2.24) is 0 Å². The van der Waals surface area contributed by atoms with Gasteiger partial charge in [-0.2, -0.15) is 0 Å². The molecule has 2 heteroatoms. The molecule has 1 saturated carbocycles. The summed E-state index contributed by atoms with van der Waals surface area (Å²) in [5.41, 5.74) is 2.58. The van der Waals surface area contributed by atoms with Gasteiger partial charge in [0.05, 0.1) is 0 Å². The molecular weight excluding hydrogens is 200 g/mol. The van der Waals surface area contributed by atoms with Crippen LogP contribution < -0.4 is 0 Å². The second-order valence-corrected chi connectivity index (χ2v) is 4.23. The Morgan fingerprint density at radius 1 is 1.31 bits per heavy atom. The topological polar surface area (TPSA) is 37.3 Å². The zero-order chi connectivity index (χ0) is 11.4. The number of hydrogen-bond donors (Lipinski definition) is 1. The Labute approximate surface area is 95.6 Å². The number of carboxylic acid groups (broad SMARTS) is 1. The van der Waals surface area contributed by atoms with Gasteiger partial charge in [-0.1, -0.05) is 36.4 Å². The third-order valence-corrected chi connectivity index (χ3v) is 2.85. The van der Waals surface area contributed by atoms with Crippen molar-refractivity contribution in [3.8, 4) is 0 Å². The number of allylic oxidation sites excluding steroid dienone is 2. The highest BCUT2D eigenvalue weighted by molar-refractivity contribution is 5.71. The number of carbonyl (C=O) groups is 1. The van der Waals surface area contributed by atoms with Gasteiger partial charge in [-0.25, -0.2) is 0 Å². The van der Waals surface area contributed by atoms with Crippen LogP contribution in [0.25, 0.3) is 5.57 Å². The smallest absolute Gasteiger partial charge is 0.303 e. The zero-order valence-corrected chi connectivity index (χ0v) is 9.23. The lowest BCUT2D eigenvalue weighted by Crippen LogP contribution is -1.93. The van der Waals surface area contributed by atoms with Crippen LogP contribution >= 0.6 is 0 Å². The van der Waals surface area contributed by atoms with E-state index in [1.165, 1.54) is 24.0 Å². The predicted octanol–water partition coefficient (Wildman–Crippen LogP) is 3.34. The minimum atomic E-state index is -0.723. The Kier molecular flexibility index (Phi) is 3.40. The number of benzene rings is 1. The molecule has 0 atom stereocenters.